The van der Waals surface area contributed by atoms with Gasteiger partial charge in [0.15, 0.2) is 11.6 Å². The summed E-state index contributed by atoms with van der Waals surface area (Å²) in [7, 11) is 0. The Morgan fingerprint density at radius 2 is 1.66 bits per heavy atom. The van der Waals surface area contributed by atoms with Gasteiger partial charge in [-0.2, -0.15) is 0 Å². The first-order valence-electron chi connectivity index (χ1n) is 15.5. The van der Waals surface area contributed by atoms with Crippen LogP contribution in [0.2, 0.25) is 0 Å². The second kappa shape index (κ2) is 15.5. The van der Waals surface area contributed by atoms with Crippen LogP contribution < -0.4 is 15.6 Å². The standard InChI is InChI=1S/C33H37N9O5/c34-41-38-27-11-4-2-9-24(27)21-33(31(44)40-36-22-32(45)17-6-1-7-18-32)29(26-10-3-5-12-28(26)39-42-35)47-30(37-33)23-13-15-25(16-14-23)46-20-8-19-43/h2-5,9-16,29,36,43,45H,1,6-8,17-22H2,(H,40,44)/t29-,33-/m0/s1. The van der Waals surface area contributed by atoms with E-state index in [0.717, 1.165) is 19.3 Å². The Kier molecular flexibility index (Phi) is 10.9. The Morgan fingerprint density at radius 3 is 2.38 bits per heavy atom. The normalized spacial score (nSPS) is 19.8. The van der Waals surface area contributed by atoms with E-state index in [4.69, 9.17) is 19.6 Å². The molecule has 0 aromatic heterocycles. The molecule has 47 heavy (non-hydrogen) atoms. The number of aliphatic imine (C=N–C) groups is 1. The minimum atomic E-state index is -1.70. The molecule has 14 heteroatoms. The number of rotatable bonds is 14. The topological polar surface area (TPSA) is 210 Å². The molecule has 1 saturated carbocycles. The van der Waals surface area contributed by atoms with Gasteiger partial charge >= 0.3 is 0 Å². The summed E-state index contributed by atoms with van der Waals surface area (Å²) >= 11 is 0. The second-order valence-corrected chi connectivity index (χ2v) is 11.6. The molecule has 0 bridgehead atoms. The fraction of sp³-hybridized carbons (Fsp3) is 0.394. The average Bonchev–Trinajstić information content (AvgIpc) is 3.47. The summed E-state index contributed by atoms with van der Waals surface area (Å²) in [6.45, 7) is 0.503. The number of hydrogen-bond acceptors (Lipinski definition) is 9. The fourth-order valence-electron chi connectivity index (χ4n) is 5.99. The molecular weight excluding hydrogens is 602 g/mol. The van der Waals surface area contributed by atoms with Crippen LogP contribution in [0.15, 0.2) is 88.0 Å². The van der Waals surface area contributed by atoms with Crippen LogP contribution in [0.5, 0.6) is 5.75 Å². The molecule has 14 nitrogen and oxygen atoms in total. The highest BCUT2D eigenvalue weighted by molar-refractivity contribution is 6.01. The molecule has 0 saturated heterocycles. The largest absolute Gasteiger partial charge is 0.494 e. The lowest BCUT2D eigenvalue weighted by Crippen LogP contribution is -2.56. The monoisotopic (exact) mass is 639 g/mol. The molecule has 1 aliphatic heterocycles. The molecule has 3 aromatic rings. The van der Waals surface area contributed by atoms with Crippen LogP contribution in [0.3, 0.4) is 0 Å². The Morgan fingerprint density at radius 1 is 0.979 bits per heavy atom. The highest BCUT2D eigenvalue weighted by Crippen LogP contribution is 2.46. The van der Waals surface area contributed by atoms with Gasteiger partial charge in [-0.25, -0.2) is 10.4 Å². The smallest absolute Gasteiger partial charge is 0.266 e. The van der Waals surface area contributed by atoms with Gasteiger partial charge in [0.05, 0.1) is 12.2 Å². The van der Waals surface area contributed by atoms with E-state index in [2.05, 4.69) is 30.9 Å². The molecule has 0 spiro atoms. The maximum Gasteiger partial charge on any atom is 0.266 e. The molecule has 0 unspecified atom stereocenters. The lowest BCUT2D eigenvalue weighted by atomic mass is 9.81. The van der Waals surface area contributed by atoms with Crippen molar-refractivity contribution in [1.29, 1.82) is 0 Å². The molecule has 2 aliphatic rings. The number of ether oxygens (including phenoxy) is 2. The summed E-state index contributed by atoms with van der Waals surface area (Å²) in [5.41, 5.74) is 23.8. The number of aliphatic hydroxyl groups excluding tert-OH is 1. The minimum absolute atomic E-state index is 0.0164. The fourth-order valence-corrected chi connectivity index (χ4v) is 5.99. The van der Waals surface area contributed by atoms with E-state index in [0.29, 0.717) is 54.0 Å². The van der Waals surface area contributed by atoms with Crippen molar-refractivity contribution in [3.05, 3.63) is 110 Å². The van der Waals surface area contributed by atoms with Gasteiger partial charge in [-0.15, -0.1) is 0 Å². The van der Waals surface area contributed by atoms with Crippen molar-refractivity contribution < 1.29 is 24.5 Å². The first kappa shape index (κ1) is 33.3. The summed E-state index contributed by atoms with van der Waals surface area (Å²) in [5.74, 6) is 0.186. The SMILES string of the molecule is [N-]=[N+]=Nc1ccccc1C[C@]1(C(=O)NNCC2(O)CCCCC2)N=C(c2ccc(OCCCO)cc2)O[C@H]1c1ccccc1N=[N+]=[N-]. The molecule has 1 heterocycles. The molecule has 1 amide bonds. The number of azide groups is 2. The van der Waals surface area contributed by atoms with Crippen molar-refractivity contribution in [1.82, 2.24) is 10.9 Å². The van der Waals surface area contributed by atoms with E-state index in [1.807, 2.05) is 0 Å². The third-order valence-electron chi connectivity index (χ3n) is 8.41. The number of hydrazine groups is 1. The molecule has 3 aromatic carbocycles. The summed E-state index contributed by atoms with van der Waals surface area (Å²) in [5, 5.41) is 27.9. The molecule has 5 rings (SSSR count). The van der Waals surface area contributed by atoms with E-state index in [9.17, 15) is 21.0 Å². The van der Waals surface area contributed by atoms with Gasteiger partial charge in [-0.3, -0.25) is 10.2 Å². The maximum atomic E-state index is 14.5. The average molecular weight is 640 g/mol. The second-order valence-electron chi connectivity index (χ2n) is 11.6. The van der Waals surface area contributed by atoms with Crippen LogP contribution >= 0.6 is 0 Å². The van der Waals surface area contributed by atoms with E-state index in [-0.39, 0.29) is 31.2 Å². The molecule has 244 valence electrons. The zero-order valence-electron chi connectivity index (χ0n) is 25.8. The van der Waals surface area contributed by atoms with E-state index < -0.39 is 23.2 Å². The zero-order valence-corrected chi connectivity index (χ0v) is 25.8. The Balaban J connectivity index is 1.59. The highest BCUT2D eigenvalue weighted by Gasteiger charge is 2.54. The van der Waals surface area contributed by atoms with E-state index in [1.165, 1.54) is 0 Å². The number of amides is 1. The number of nitrogens with one attached hydrogen (secondary N) is 2. The Labute approximate surface area is 271 Å². The van der Waals surface area contributed by atoms with Crippen LogP contribution in [0.25, 0.3) is 20.9 Å². The third kappa shape index (κ3) is 7.83. The van der Waals surface area contributed by atoms with Gasteiger partial charge in [0.25, 0.3) is 5.91 Å². The van der Waals surface area contributed by atoms with Crippen LogP contribution in [0, 0.1) is 0 Å². The van der Waals surface area contributed by atoms with Gasteiger partial charge < -0.3 is 19.7 Å². The summed E-state index contributed by atoms with van der Waals surface area (Å²) in [6, 6.07) is 20.7. The summed E-state index contributed by atoms with van der Waals surface area (Å²) in [4.78, 5) is 25.5. The number of benzene rings is 3. The number of carbonyl (C=O) groups is 1. The number of carbonyl (C=O) groups excluding carboxylic acids is 1. The zero-order chi connectivity index (χ0) is 33.1. The van der Waals surface area contributed by atoms with Gasteiger partial charge in [-0.05, 0) is 53.7 Å². The predicted molar refractivity (Wildman–Crippen MR) is 175 cm³/mol. The van der Waals surface area contributed by atoms with Gasteiger partial charge in [0.1, 0.15) is 5.75 Å². The first-order valence-corrected chi connectivity index (χ1v) is 15.5. The van der Waals surface area contributed by atoms with Crippen LogP contribution in [0.1, 0.15) is 61.3 Å². The van der Waals surface area contributed by atoms with Crippen molar-refractivity contribution >= 4 is 23.2 Å². The molecule has 1 fully saturated rings. The molecule has 0 radical (unpaired) electrons. The lowest BCUT2D eigenvalue weighted by molar-refractivity contribution is -0.130. The summed E-state index contributed by atoms with van der Waals surface area (Å²) < 4.78 is 12.2. The van der Waals surface area contributed by atoms with Gasteiger partial charge in [0, 0.05) is 58.3 Å². The van der Waals surface area contributed by atoms with E-state index in [1.54, 1.807) is 72.8 Å². The van der Waals surface area contributed by atoms with Gasteiger partial charge in [-0.1, -0.05) is 78.0 Å². The Hall–Kier alpha value is -5.10. The first-order chi connectivity index (χ1) is 22.9. The molecular formula is C33H37N9O5. The molecule has 4 N–H and O–H groups in total. The van der Waals surface area contributed by atoms with Crippen LogP contribution in [-0.2, 0) is 16.0 Å². The van der Waals surface area contributed by atoms with Crippen molar-refractivity contribution in [3.8, 4) is 5.75 Å². The highest BCUT2D eigenvalue weighted by atomic mass is 16.5. The minimum Gasteiger partial charge on any atom is -0.494 e. The van der Waals surface area contributed by atoms with Crippen molar-refractivity contribution in [3.63, 3.8) is 0 Å². The van der Waals surface area contributed by atoms with E-state index >= 15 is 0 Å². The van der Waals surface area contributed by atoms with Crippen molar-refractivity contribution in [2.75, 3.05) is 19.8 Å². The molecule has 1 aliphatic carbocycles. The van der Waals surface area contributed by atoms with Crippen LogP contribution in [0.4, 0.5) is 11.4 Å². The summed E-state index contributed by atoms with van der Waals surface area (Å²) in [6.07, 6.45) is 3.44. The lowest BCUT2D eigenvalue weighted by Gasteiger charge is -2.34. The number of aliphatic hydroxyl groups is 2. The quantitative estimate of drug-likeness (QED) is 0.0534. The third-order valence-corrected chi connectivity index (χ3v) is 8.41. The van der Waals surface area contributed by atoms with Crippen molar-refractivity contribution in [2.45, 2.75) is 62.2 Å². The van der Waals surface area contributed by atoms with Crippen LogP contribution in [-0.4, -0.2) is 52.9 Å². The Bertz CT molecular complexity index is 1680. The van der Waals surface area contributed by atoms with Crippen molar-refractivity contribution in [2.24, 2.45) is 15.2 Å². The number of hydrogen-bond donors (Lipinski definition) is 4. The number of nitrogens with zero attached hydrogens (tertiary/aromatic N) is 7. The maximum absolute atomic E-state index is 14.5. The predicted octanol–water partition coefficient (Wildman–Crippen LogP) is 6.15. The van der Waals surface area contributed by atoms with Gasteiger partial charge in [0.2, 0.25) is 5.90 Å². The molecule has 2 atom stereocenters.